The second kappa shape index (κ2) is 5.81. The lowest BCUT2D eigenvalue weighted by Crippen LogP contribution is -2.09. The fourth-order valence-corrected chi connectivity index (χ4v) is 3.96. The van der Waals surface area contributed by atoms with E-state index in [-0.39, 0.29) is 11.7 Å². The van der Waals surface area contributed by atoms with E-state index in [4.69, 9.17) is 0 Å². The summed E-state index contributed by atoms with van der Waals surface area (Å²) >= 11 is 2.71. The summed E-state index contributed by atoms with van der Waals surface area (Å²) in [5.74, 6) is -0.496. The number of nitrogens with one attached hydrogen (secondary N) is 1. The molecule has 0 saturated heterocycles. The van der Waals surface area contributed by atoms with Crippen molar-refractivity contribution in [3.8, 4) is 5.69 Å². The van der Waals surface area contributed by atoms with Crippen LogP contribution in [0.5, 0.6) is 0 Å². The van der Waals surface area contributed by atoms with Gasteiger partial charge in [-0.3, -0.25) is 10.1 Å². The first-order valence-corrected chi connectivity index (χ1v) is 8.77. The van der Waals surface area contributed by atoms with Crippen LogP contribution in [0.4, 0.5) is 9.52 Å². The van der Waals surface area contributed by atoms with E-state index in [9.17, 15) is 9.18 Å². The zero-order valence-electron chi connectivity index (χ0n) is 12.5. The van der Waals surface area contributed by atoms with Gasteiger partial charge in [-0.25, -0.2) is 14.1 Å². The lowest BCUT2D eigenvalue weighted by Gasteiger charge is -2.02. The second-order valence-corrected chi connectivity index (χ2v) is 7.02. The molecule has 8 heteroatoms. The summed E-state index contributed by atoms with van der Waals surface area (Å²) in [5, 5.41) is 10.5. The van der Waals surface area contributed by atoms with Crippen molar-refractivity contribution in [2.75, 3.05) is 5.32 Å². The lowest BCUT2D eigenvalue weighted by molar-refractivity contribution is 0.103. The number of halogens is 1. The number of carbonyl (C=O) groups is 1. The van der Waals surface area contributed by atoms with Crippen molar-refractivity contribution in [3.05, 3.63) is 58.3 Å². The number of thiophene rings is 1. The van der Waals surface area contributed by atoms with Crippen molar-refractivity contribution in [1.82, 2.24) is 14.8 Å². The minimum atomic E-state index is -0.298. The third-order valence-corrected chi connectivity index (χ3v) is 5.29. The van der Waals surface area contributed by atoms with Crippen molar-refractivity contribution >= 4 is 43.9 Å². The van der Waals surface area contributed by atoms with Gasteiger partial charge in [0.05, 0.1) is 16.3 Å². The van der Waals surface area contributed by atoms with Gasteiger partial charge in [0, 0.05) is 17.0 Å². The van der Waals surface area contributed by atoms with Crippen LogP contribution in [0.2, 0.25) is 0 Å². The number of aryl methyl sites for hydroxylation is 1. The Morgan fingerprint density at radius 1 is 1.29 bits per heavy atom. The summed E-state index contributed by atoms with van der Waals surface area (Å²) < 4.78 is 14.9. The molecular formula is C16H11FN4OS2. The maximum absolute atomic E-state index is 13.1. The largest absolute Gasteiger partial charge is 0.297 e. The number of carbonyl (C=O) groups excluding carboxylic acids is 1. The van der Waals surface area contributed by atoms with Gasteiger partial charge in [-0.2, -0.15) is 5.10 Å². The number of rotatable bonds is 3. The van der Waals surface area contributed by atoms with Crippen molar-refractivity contribution in [3.63, 3.8) is 0 Å². The van der Waals surface area contributed by atoms with Gasteiger partial charge in [0.2, 0.25) is 0 Å². The Morgan fingerprint density at radius 2 is 2.08 bits per heavy atom. The molecule has 0 fully saturated rings. The molecule has 0 bridgehead atoms. The van der Waals surface area contributed by atoms with Gasteiger partial charge in [-0.1, -0.05) is 0 Å². The minimum absolute atomic E-state index is 0.198. The van der Waals surface area contributed by atoms with E-state index in [0.29, 0.717) is 10.0 Å². The van der Waals surface area contributed by atoms with E-state index in [2.05, 4.69) is 15.4 Å². The second-order valence-electron chi connectivity index (χ2n) is 5.09. The number of aromatic nitrogens is 3. The summed E-state index contributed by atoms with van der Waals surface area (Å²) in [6.45, 7) is 1.89. The van der Waals surface area contributed by atoms with Crippen LogP contribution in [-0.2, 0) is 0 Å². The molecule has 4 rings (SSSR count). The monoisotopic (exact) mass is 358 g/mol. The summed E-state index contributed by atoms with van der Waals surface area (Å²) in [6.07, 6.45) is 1.64. The smallest absolute Gasteiger partial charge is 0.267 e. The molecule has 3 heterocycles. The predicted molar refractivity (Wildman–Crippen MR) is 93.7 cm³/mol. The average molecular weight is 358 g/mol. The number of nitrogens with zero attached hydrogens (tertiary/aromatic N) is 3. The third-order valence-electron chi connectivity index (χ3n) is 3.49. The fraction of sp³-hybridized carbons (Fsp3) is 0.0625. The van der Waals surface area contributed by atoms with Crippen molar-refractivity contribution < 1.29 is 9.18 Å². The molecule has 0 spiro atoms. The average Bonchev–Trinajstić information content (AvgIpc) is 3.27. The minimum Gasteiger partial charge on any atom is -0.297 e. The Hall–Kier alpha value is -2.58. The summed E-state index contributed by atoms with van der Waals surface area (Å²) in [4.78, 5) is 17.9. The molecule has 0 atom stereocenters. The van der Waals surface area contributed by atoms with Crippen LogP contribution in [-0.4, -0.2) is 20.7 Å². The van der Waals surface area contributed by atoms with E-state index in [0.717, 1.165) is 21.6 Å². The zero-order valence-corrected chi connectivity index (χ0v) is 14.1. The number of hydrogen-bond donors (Lipinski definition) is 1. The molecule has 0 aliphatic carbocycles. The van der Waals surface area contributed by atoms with E-state index in [1.165, 1.54) is 34.8 Å². The van der Waals surface area contributed by atoms with Gasteiger partial charge in [-0.15, -0.1) is 22.7 Å². The van der Waals surface area contributed by atoms with Crippen molar-refractivity contribution in [1.29, 1.82) is 0 Å². The molecule has 0 aliphatic heterocycles. The molecule has 0 aliphatic rings. The third kappa shape index (κ3) is 2.59. The van der Waals surface area contributed by atoms with E-state index >= 15 is 0 Å². The highest BCUT2D eigenvalue weighted by Gasteiger charge is 2.17. The van der Waals surface area contributed by atoms with Gasteiger partial charge in [0.15, 0.2) is 5.13 Å². The highest BCUT2D eigenvalue weighted by Crippen LogP contribution is 2.31. The Bertz CT molecular complexity index is 1020. The van der Waals surface area contributed by atoms with E-state index in [1.807, 2.05) is 13.0 Å². The molecule has 5 nitrogen and oxygen atoms in total. The first-order chi connectivity index (χ1) is 11.6. The summed E-state index contributed by atoms with van der Waals surface area (Å²) in [7, 11) is 0. The molecule has 120 valence electrons. The van der Waals surface area contributed by atoms with Crippen LogP contribution < -0.4 is 5.32 Å². The molecular weight excluding hydrogens is 347 g/mol. The Labute approximate surface area is 144 Å². The Morgan fingerprint density at radius 3 is 2.79 bits per heavy atom. The normalized spacial score (nSPS) is 11.1. The number of anilines is 1. The number of fused-ring (bicyclic) bond motifs is 1. The quantitative estimate of drug-likeness (QED) is 0.596. The summed E-state index contributed by atoms with van der Waals surface area (Å²) in [5.41, 5.74) is 1.57. The van der Waals surface area contributed by atoms with Crippen LogP contribution in [0.3, 0.4) is 0 Å². The van der Waals surface area contributed by atoms with Crippen molar-refractivity contribution in [2.45, 2.75) is 6.92 Å². The van der Waals surface area contributed by atoms with Gasteiger partial charge in [-0.05, 0) is 37.3 Å². The highest BCUT2D eigenvalue weighted by atomic mass is 32.1. The number of amides is 1. The van der Waals surface area contributed by atoms with E-state index < -0.39 is 0 Å². The topological polar surface area (TPSA) is 59.8 Å². The molecule has 24 heavy (non-hydrogen) atoms. The van der Waals surface area contributed by atoms with Crippen LogP contribution >= 0.6 is 22.7 Å². The molecule has 3 aromatic heterocycles. The maximum atomic E-state index is 13.1. The van der Waals surface area contributed by atoms with Crippen molar-refractivity contribution in [2.24, 2.45) is 0 Å². The number of hydrogen-bond acceptors (Lipinski definition) is 5. The Balaban J connectivity index is 1.74. The molecule has 1 N–H and O–H groups in total. The SMILES string of the molecule is Cc1nn(-c2ccc(F)cc2)c2sc(C(=O)Nc3nccs3)cc12. The standard InChI is InChI=1S/C16H11FN4OS2/c1-9-12-8-13(14(22)19-16-18-6-7-23-16)24-15(12)21(20-9)11-4-2-10(17)3-5-11/h2-8H,1H3,(H,18,19,22). The molecule has 4 aromatic rings. The molecule has 1 amide bonds. The predicted octanol–water partition coefficient (Wildman–Crippen LogP) is 4.24. The van der Waals surface area contributed by atoms with E-state index in [1.54, 1.807) is 28.4 Å². The van der Waals surface area contributed by atoms with Gasteiger partial charge in [0.1, 0.15) is 10.6 Å². The molecule has 0 unspecified atom stereocenters. The molecule has 0 saturated carbocycles. The number of thiazole rings is 1. The van der Waals surface area contributed by atoms with Gasteiger partial charge >= 0.3 is 0 Å². The van der Waals surface area contributed by atoms with Crippen LogP contribution in [0.15, 0.2) is 41.9 Å². The van der Waals surface area contributed by atoms with Crippen LogP contribution in [0.1, 0.15) is 15.4 Å². The van der Waals surface area contributed by atoms with Gasteiger partial charge in [0.25, 0.3) is 5.91 Å². The number of benzene rings is 1. The van der Waals surface area contributed by atoms with Crippen LogP contribution in [0.25, 0.3) is 15.9 Å². The highest BCUT2D eigenvalue weighted by molar-refractivity contribution is 7.20. The zero-order chi connectivity index (χ0) is 16.7. The fourth-order valence-electron chi connectivity index (χ4n) is 2.36. The molecule has 1 aromatic carbocycles. The lowest BCUT2D eigenvalue weighted by atomic mass is 10.3. The summed E-state index contributed by atoms with van der Waals surface area (Å²) in [6, 6.07) is 7.93. The maximum Gasteiger partial charge on any atom is 0.267 e. The van der Waals surface area contributed by atoms with Crippen LogP contribution in [0, 0.1) is 12.7 Å². The van der Waals surface area contributed by atoms with Gasteiger partial charge < -0.3 is 0 Å². The Kier molecular flexibility index (Phi) is 3.62. The first-order valence-electron chi connectivity index (χ1n) is 7.08. The first kappa shape index (κ1) is 15.0. The molecule has 0 radical (unpaired) electrons.